The second-order valence-corrected chi connectivity index (χ2v) is 7.16. The normalized spacial score (nSPS) is 20.9. The minimum Gasteiger partial charge on any atom is -0.373 e. The topological polar surface area (TPSA) is 74.4 Å². The van der Waals surface area contributed by atoms with E-state index in [1.807, 2.05) is 0 Å². The molecule has 0 unspecified atom stereocenters. The summed E-state index contributed by atoms with van der Waals surface area (Å²) in [5.74, 6) is -0.373. The van der Waals surface area contributed by atoms with Crippen LogP contribution in [0, 0.1) is 5.82 Å². The monoisotopic (exact) mass is 359 g/mol. The van der Waals surface area contributed by atoms with Crippen LogP contribution in [0.4, 0.5) is 4.39 Å². The maximum absolute atomic E-state index is 14.0. The van der Waals surface area contributed by atoms with E-state index in [1.165, 1.54) is 6.07 Å². The Bertz CT molecular complexity index is 887. The van der Waals surface area contributed by atoms with Crippen LogP contribution >= 0.6 is 0 Å². The Kier molecular flexibility index (Phi) is 4.50. The molecule has 0 saturated carbocycles. The maximum Gasteiger partial charge on any atom is 0.222 e. The zero-order valence-electron chi connectivity index (χ0n) is 14.5. The number of nitrogens with one attached hydrogen (secondary N) is 2. The lowest BCUT2D eigenvalue weighted by molar-refractivity contribution is -0.128. The number of carbonyl (C=O) groups excluding carboxylic acids is 1. The first-order chi connectivity index (χ1) is 12.5. The molecule has 0 aliphatic carbocycles. The van der Waals surface area contributed by atoms with Gasteiger partial charge in [0.15, 0.2) is 5.43 Å². The van der Waals surface area contributed by atoms with Gasteiger partial charge in [0, 0.05) is 43.3 Å². The van der Waals surface area contributed by atoms with Gasteiger partial charge in [0.2, 0.25) is 5.91 Å². The smallest absolute Gasteiger partial charge is 0.222 e. The standard InChI is InChI=1S/C19H22FN3O3/c20-15-3-1-2-14-16(24)10-13(22-18(14)15)12-23-7-4-19(5-8-23)11-17(25)21-6-9-26-19/h1-3,10H,4-9,11-12H2,(H,21,25)(H,22,24). The molecule has 1 amide bonds. The number of nitrogens with zero attached hydrogens (tertiary/aromatic N) is 1. The molecule has 138 valence electrons. The number of halogens is 1. The Labute approximate surface area is 150 Å². The molecule has 1 spiro atoms. The number of hydrogen-bond donors (Lipinski definition) is 2. The highest BCUT2D eigenvalue weighted by atomic mass is 19.1. The number of piperidine rings is 1. The fraction of sp³-hybridized carbons (Fsp3) is 0.474. The van der Waals surface area contributed by atoms with Crippen molar-refractivity contribution < 1.29 is 13.9 Å². The van der Waals surface area contributed by atoms with Gasteiger partial charge in [0.05, 0.1) is 24.1 Å². The summed E-state index contributed by atoms with van der Waals surface area (Å²) in [6.07, 6.45) is 1.94. The highest BCUT2D eigenvalue weighted by molar-refractivity contribution is 5.79. The van der Waals surface area contributed by atoms with Crippen LogP contribution in [0.15, 0.2) is 29.1 Å². The second-order valence-electron chi connectivity index (χ2n) is 7.16. The largest absolute Gasteiger partial charge is 0.373 e. The molecule has 1 aromatic heterocycles. The number of aromatic amines is 1. The average molecular weight is 359 g/mol. The molecule has 3 heterocycles. The van der Waals surface area contributed by atoms with Crippen molar-refractivity contribution in [1.82, 2.24) is 15.2 Å². The molecule has 0 radical (unpaired) electrons. The van der Waals surface area contributed by atoms with Gasteiger partial charge >= 0.3 is 0 Å². The minimum absolute atomic E-state index is 0.0466. The van der Waals surface area contributed by atoms with Gasteiger partial charge in [-0.2, -0.15) is 0 Å². The summed E-state index contributed by atoms with van der Waals surface area (Å²) in [7, 11) is 0. The van der Waals surface area contributed by atoms with Gasteiger partial charge in [-0.3, -0.25) is 14.5 Å². The van der Waals surface area contributed by atoms with E-state index in [0.717, 1.165) is 25.9 Å². The first kappa shape index (κ1) is 17.2. The van der Waals surface area contributed by atoms with Crippen molar-refractivity contribution >= 4 is 16.8 Å². The second kappa shape index (κ2) is 6.81. The van der Waals surface area contributed by atoms with Crippen LogP contribution in [0.2, 0.25) is 0 Å². The summed E-state index contributed by atoms with van der Waals surface area (Å²) in [5.41, 5.74) is 0.404. The summed E-state index contributed by atoms with van der Waals surface area (Å²) < 4.78 is 20.0. The lowest BCUT2D eigenvalue weighted by Crippen LogP contribution is -2.46. The molecule has 0 bridgehead atoms. The average Bonchev–Trinajstić information content (AvgIpc) is 2.80. The van der Waals surface area contributed by atoms with Crippen LogP contribution in [0.25, 0.3) is 10.9 Å². The molecule has 2 aromatic rings. The number of fused-ring (bicyclic) bond motifs is 1. The number of rotatable bonds is 2. The van der Waals surface area contributed by atoms with E-state index in [-0.39, 0.29) is 22.5 Å². The van der Waals surface area contributed by atoms with Crippen molar-refractivity contribution in [3.63, 3.8) is 0 Å². The number of benzene rings is 1. The van der Waals surface area contributed by atoms with E-state index < -0.39 is 5.82 Å². The minimum atomic E-state index is -0.420. The predicted molar refractivity (Wildman–Crippen MR) is 95.3 cm³/mol. The summed E-state index contributed by atoms with van der Waals surface area (Å²) in [6.45, 7) is 3.19. The van der Waals surface area contributed by atoms with E-state index in [1.54, 1.807) is 18.2 Å². The summed E-state index contributed by atoms with van der Waals surface area (Å²) in [6, 6.07) is 6.06. The molecular formula is C19H22FN3O3. The van der Waals surface area contributed by atoms with Crippen LogP contribution in [-0.4, -0.2) is 47.6 Å². The third-order valence-corrected chi connectivity index (χ3v) is 5.35. The van der Waals surface area contributed by atoms with Gasteiger partial charge in [-0.15, -0.1) is 0 Å². The first-order valence-corrected chi connectivity index (χ1v) is 8.98. The Balaban J connectivity index is 1.48. The molecule has 0 atom stereocenters. The van der Waals surface area contributed by atoms with E-state index >= 15 is 0 Å². The van der Waals surface area contributed by atoms with Gasteiger partial charge in [-0.05, 0) is 25.0 Å². The summed E-state index contributed by atoms with van der Waals surface area (Å²) in [5, 5.41) is 3.21. The quantitative estimate of drug-likeness (QED) is 0.853. The number of aromatic nitrogens is 1. The number of hydrogen-bond acceptors (Lipinski definition) is 4. The van der Waals surface area contributed by atoms with E-state index in [2.05, 4.69) is 15.2 Å². The fourth-order valence-electron chi connectivity index (χ4n) is 3.92. The van der Waals surface area contributed by atoms with Crippen LogP contribution in [0.3, 0.4) is 0 Å². The molecule has 4 rings (SSSR count). The molecule has 7 heteroatoms. The van der Waals surface area contributed by atoms with Crippen molar-refractivity contribution in [2.24, 2.45) is 0 Å². The predicted octanol–water partition coefficient (Wildman–Crippen LogP) is 1.54. The number of para-hydroxylation sites is 1. The van der Waals surface area contributed by atoms with Crippen LogP contribution in [-0.2, 0) is 16.1 Å². The van der Waals surface area contributed by atoms with Crippen molar-refractivity contribution in [3.8, 4) is 0 Å². The number of carbonyl (C=O) groups is 1. The molecule has 2 aliphatic rings. The highest BCUT2D eigenvalue weighted by Gasteiger charge is 2.38. The molecule has 6 nitrogen and oxygen atoms in total. The fourth-order valence-corrected chi connectivity index (χ4v) is 3.92. The van der Waals surface area contributed by atoms with E-state index in [9.17, 15) is 14.0 Å². The third kappa shape index (κ3) is 3.37. The number of likely N-dealkylation sites (tertiary alicyclic amines) is 1. The van der Waals surface area contributed by atoms with Gasteiger partial charge in [-0.25, -0.2) is 4.39 Å². The molecule has 2 saturated heterocycles. The van der Waals surface area contributed by atoms with Crippen molar-refractivity contribution in [3.05, 3.63) is 46.0 Å². The van der Waals surface area contributed by atoms with Crippen molar-refractivity contribution in [1.29, 1.82) is 0 Å². The molecule has 2 fully saturated rings. The Morgan fingerprint density at radius 2 is 2.04 bits per heavy atom. The Morgan fingerprint density at radius 1 is 1.23 bits per heavy atom. The zero-order chi connectivity index (χ0) is 18.1. The molecular weight excluding hydrogens is 337 g/mol. The van der Waals surface area contributed by atoms with Crippen LogP contribution in [0.1, 0.15) is 25.0 Å². The summed E-state index contributed by atoms with van der Waals surface area (Å²) >= 11 is 0. The number of pyridine rings is 1. The third-order valence-electron chi connectivity index (χ3n) is 5.35. The molecule has 2 aliphatic heterocycles. The van der Waals surface area contributed by atoms with Gasteiger partial charge in [-0.1, -0.05) is 6.07 Å². The van der Waals surface area contributed by atoms with Crippen molar-refractivity contribution in [2.75, 3.05) is 26.2 Å². The lowest BCUT2D eigenvalue weighted by Gasteiger charge is -2.40. The maximum atomic E-state index is 14.0. The number of amides is 1. The number of ether oxygens (including phenoxy) is 1. The first-order valence-electron chi connectivity index (χ1n) is 8.98. The molecule has 1 aromatic carbocycles. The van der Waals surface area contributed by atoms with E-state index in [0.29, 0.717) is 37.2 Å². The number of H-pyrrole nitrogens is 1. The molecule has 26 heavy (non-hydrogen) atoms. The van der Waals surface area contributed by atoms with Gasteiger partial charge in [0.1, 0.15) is 5.82 Å². The van der Waals surface area contributed by atoms with E-state index in [4.69, 9.17) is 4.74 Å². The Hall–Kier alpha value is -2.25. The van der Waals surface area contributed by atoms with Crippen LogP contribution < -0.4 is 10.7 Å². The van der Waals surface area contributed by atoms with Gasteiger partial charge < -0.3 is 15.0 Å². The SMILES string of the molecule is O=C1CC2(CCN(Cc3cc(=O)c4cccc(F)c4[nH]3)CC2)OCCN1. The molecule has 2 N–H and O–H groups in total. The van der Waals surface area contributed by atoms with Crippen molar-refractivity contribution in [2.45, 2.75) is 31.4 Å². The summed E-state index contributed by atoms with van der Waals surface area (Å²) in [4.78, 5) is 29.3. The highest BCUT2D eigenvalue weighted by Crippen LogP contribution is 2.31. The van der Waals surface area contributed by atoms with Gasteiger partial charge in [0.25, 0.3) is 0 Å². The Morgan fingerprint density at radius 3 is 2.85 bits per heavy atom. The zero-order valence-corrected chi connectivity index (χ0v) is 14.5. The van der Waals surface area contributed by atoms with Crippen LogP contribution in [0.5, 0.6) is 0 Å². The lowest BCUT2D eigenvalue weighted by atomic mass is 9.87.